The van der Waals surface area contributed by atoms with Gasteiger partial charge in [-0.2, -0.15) is 8.78 Å². The van der Waals surface area contributed by atoms with Gasteiger partial charge in [-0.3, -0.25) is 13.9 Å². The first-order chi connectivity index (χ1) is 25.9. The number of aryl methyl sites for hydroxylation is 1. The van der Waals surface area contributed by atoms with Gasteiger partial charge in [-0.25, -0.2) is 0 Å². The number of halogens is 1. The van der Waals surface area contributed by atoms with Crippen molar-refractivity contribution >= 4 is 57.9 Å². The summed E-state index contributed by atoms with van der Waals surface area (Å²) in [6.07, 6.45) is 13.6. The van der Waals surface area contributed by atoms with E-state index in [1.165, 1.54) is 22.5 Å². The zero-order chi connectivity index (χ0) is 40.1. The summed E-state index contributed by atoms with van der Waals surface area (Å²) in [5.74, 6) is 0.336. The number of unbranched alkanes of at least 4 members (excludes halogenated alkanes) is 2. The number of amides is 1. The summed E-state index contributed by atoms with van der Waals surface area (Å²) in [5, 5.41) is 2.96. The normalized spacial score (nSPS) is 17.9. The summed E-state index contributed by atoms with van der Waals surface area (Å²) in [4.78, 5) is 33.7. The molecule has 13 heteroatoms. The Morgan fingerprint density at radius 2 is 1.71 bits per heavy atom. The zero-order valence-electron chi connectivity index (χ0n) is 32.3. The van der Waals surface area contributed by atoms with E-state index in [2.05, 4.69) is 121 Å². The maximum absolute atomic E-state index is 12.6. The van der Waals surface area contributed by atoms with Crippen LogP contribution in [0.3, 0.4) is 0 Å². The van der Waals surface area contributed by atoms with Gasteiger partial charge in [0, 0.05) is 60.4 Å². The average molecular weight is 854 g/mol. The molecule has 294 valence electrons. The highest BCUT2D eigenvalue weighted by molar-refractivity contribution is 9.10. The fourth-order valence-electron chi connectivity index (χ4n) is 7.53. The van der Waals surface area contributed by atoms with Crippen LogP contribution < -0.4 is 14.4 Å². The van der Waals surface area contributed by atoms with Crippen LogP contribution in [0.2, 0.25) is 0 Å². The monoisotopic (exact) mass is 852 g/mol. The standard InChI is InChI=1S/C42H51BrN3O7PS/c1-7-45-35-24-22-32(53-55(51)52)27-34(35)42(5,6)37(45)14-10-8-11-15-38-41(3,4)33-26-29(2)17-23-36(33)46(38)25-13-9-12-16-39(47)44-28-30-18-20-31(21-19-30)40(43)54(48,49)50/h8,10-11,14-15,17-24,26-27,40H,7,9,12-13,16,25,28H2,1-6H3,(H3-,44,47,48,49,50,51,52)/p+1. The van der Waals surface area contributed by atoms with Crippen LogP contribution in [-0.4, -0.2) is 47.8 Å². The molecule has 0 aromatic heterocycles. The van der Waals surface area contributed by atoms with Crippen molar-refractivity contribution in [1.29, 1.82) is 0 Å². The topological polar surface area (TPSA) is 139 Å². The predicted octanol–water partition coefficient (Wildman–Crippen LogP) is 9.15. The van der Waals surface area contributed by atoms with Crippen LogP contribution in [0.5, 0.6) is 5.75 Å². The quantitative estimate of drug-likeness (QED) is 0.0280. The molecule has 10 nitrogen and oxygen atoms in total. The molecule has 3 aromatic rings. The molecule has 2 aliphatic heterocycles. The molecule has 0 saturated carbocycles. The molecule has 2 atom stereocenters. The molecular weight excluding hydrogens is 801 g/mol. The summed E-state index contributed by atoms with van der Waals surface area (Å²) in [5.41, 5.74) is 9.01. The van der Waals surface area contributed by atoms with E-state index in [9.17, 15) is 27.9 Å². The number of rotatable bonds is 16. The molecule has 55 heavy (non-hydrogen) atoms. The van der Waals surface area contributed by atoms with Crippen LogP contribution in [0.1, 0.15) is 92.7 Å². The highest BCUT2D eigenvalue weighted by atomic mass is 79.9. The minimum Gasteiger partial charge on any atom is -0.380 e. The number of anilines is 1. The van der Waals surface area contributed by atoms with Gasteiger partial charge in [0.25, 0.3) is 0 Å². The van der Waals surface area contributed by atoms with Gasteiger partial charge >= 0.3 is 19.0 Å². The first-order valence-electron chi connectivity index (χ1n) is 18.5. The van der Waals surface area contributed by atoms with E-state index in [0.717, 1.165) is 54.9 Å². The lowest BCUT2D eigenvalue weighted by atomic mass is 9.81. The molecule has 0 saturated heterocycles. The summed E-state index contributed by atoms with van der Waals surface area (Å²) in [6, 6.07) is 19.0. The lowest BCUT2D eigenvalue weighted by molar-refractivity contribution is -0.438. The third-order valence-corrected chi connectivity index (χ3v) is 13.8. The maximum Gasteiger partial charge on any atom is 0.357 e. The number of benzene rings is 3. The van der Waals surface area contributed by atoms with Crippen molar-refractivity contribution in [3.8, 4) is 5.75 Å². The minimum atomic E-state index is -4.29. The number of nitrogens with one attached hydrogen (secondary N) is 1. The SMILES string of the molecule is CCN1/C(=C/C=C/C=C/C2=[N+](CCCCCC(=O)NCc3ccc(C(Br)P(=O)(O)O)cc3)c3ccc(C)cc3C2(C)C)C(C)(C)c2cc(OS(=O)O)ccc21. The Hall–Kier alpha value is -3.64. The highest BCUT2D eigenvalue weighted by Gasteiger charge is 2.44. The molecule has 1 amide bonds. The summed E-state index contributed by atoms with van der Waals surface area (Å²) >= 11 is 0.673. The fraction of sp³-hybridized carbons (Fsp3) is 0.381. The third kappa shape index (κ3) is 9.85. The van der Waals surface area contributed by atoms with Gasteiger partial charge in [0.05, 0.1) is 5.41 Å². The molecule has 3 aromatic carbocycles. The van der Waals surface area contributed by atoms with E-state index in [1.54, 1.807) is 30.3 Å². The number of carbonyl (C=O) groups is 1. The number of hydrogen-bond acceptors (Lipinski definition) is 5. The zero-order valence-corrected chi connectivity index (χ0v) is 35.6. The second kappa shape index (κ2) is 17.7. The maximum atomic E-state index is 12.6. The van der Waals surface area contributed by atoms with E-state index < -0.39 is 23.5 Å². The predicted molar refractivity (Wildman–Crippen MR) is 225 cm³/mol. The lowest BCUT2D eigenvalue weighted by Crippen LogP contribution is -2.28. The minimum absolute atomic E-state index is 0.0252. The largest absolute Gasteiger partial charge is 0.380 e. The Kier molecular flexibility index (Phi) is 13.6. The van der Waals surface area contributed by atoms with Crippen molar-refractivity contribution in [3.05, 3.63) is 125 Å². The van der Waals surface area contributed by atoms with Gasteiger partial charge in [0.1, 0.15) is 16.9 Å². The van der Waals surface area contributed by atoms with E-state index in [4.69, 9.17) is 4.18 Å². The van der Waals surface area contributed by atoms with E-state index in [0.29, 0.717) is 24.3 Å². The van der Waals surface area contributed by atoms with Crippen molar-refractivity contribution in [2.75, 3.05) is 18.0 Å². The number of hydrogen-bond donors (Lipinski definition) is 4. The Morgan fingerprint density at radius 1 is 0.982 bits per heavy atom. The van der Waals surface area contributed by atoms with Crippen molar-refractivity contribution in [2.45, 2.75) is 89.2 Å². The number of fused-ring (bicyclic) bond motifs is 2. The molecule has 0 spiro atoms. The number of nitrogens with zero attached hydrogens (tertiary/aromatic N) is 2. The molecule has 0 aliphatic carbocycles. The first kappa shape index (κ1) is 42.5. The van der Waals surface area contributed by atoms with Crippen LogP contribution in [-0.2, 0) is 38.1 Å². The number of alkyl halides is 1. The Labute approximate surface area is 335 Å². The number of carbonyl (C=O) groups excluding carboxylic acids is 1. The van der Waals surface area contributed by atoms with Gasteiger partial charge in [-0.05, 0) is 87.6 Å². The van der Waals surface area contributed by atoms with Gasteiger partial charge in [0.2, 0.25) is 11.6 Å². The molecule has 2 heterocycles. The fourth-order valence-corrected chi connectivity index (χ4v) is 8.66. The number of likely N-dealkylation sites (N-methyl/N-ethyl adjacent to an activating group) is 1. The van der Waals surface area contributed by atoms with Gasteiger partial charge < -0.3 is 24.2 Å². The molecule has 0 radical (unpaired) electrons. The molecule has 0 bridgehead atoms. The van der Waals surface area contributed by atoms with Crippen molar-refractivity contribution in [2.24, 2.45) is 0 Å². The summed E-state index contributed by atoms with van der Waals surface area (Å²) in [7, 11) is -4.29. The average Bonchev–Trinajstić information content (AvgIpc) is 3.47. The molecular formula is C42H52BrN3O7PS+. The van der Waals surface area contributed by atoms with Gasteiger partial charge in [-0.1, -0.05) is 83.9 Å². The van der Waals surface area contributed by atoms with Crippen LogP contribution in [0, 0.1) is 6.92 Å². The first-order valence-corrected chi connectivity index (χ1v) is 22.2. The van der Waals surface area contributed by atoms with E-state index in [1.807, 2.05) is 12.1 Å². The van der Waals surface area contributed by atoms with Crippen molar-refractivity contribution in [3.63, 3.8) is 0 Å². The lowest BCUT2D eigenvalue weighted by Gasteiger charge is -2.25. The van der Waals surface area contributed by atoms with Crippen LogP contribution in [0.4, 0.5) is 11.4 Å². The Balaban J connectivity index is 1.22. The molecule has 2 unspecified atom stereocenters. The Bertz CT molecular complexity index is 2100. The van der Waals surface area contributed by atoms with Crippen LogP contribution >= 0.6 is 23.5 Å². The van der Waals surface area contributed by atoms with E-state index >= 15 is 0 Å². The summed E-state index contributed by atoms with van der Waals surface area (Å²) < 4.78 is 38.4. The van der Waals surface area contributed by atoms with Crippen LogP contribution in [0.25, 0.3) is 0 Å². The molecule has 0 fully saturated rings. The van der Waals surface area contributed by atoms with E-state index in [-0.39, 0.29) is 16.7 Å². The van der Waals surface area contributed by atoms with Crippen molar-refractivity contribution < 1.29 is 36.7 Å². The molecule has 2 aliphatic rings. The smallest absolute Gasteiger partial charge is 0.357 e. The molecule has 4 N–H and O–H groups in total. The molecule has 5 rings (SSSR count). The second-order valence-electron chi connectivity index (χ2n) is 15.1. The number of allylic oxidation sites excluding steroid dienone is 6. The van der Waals surface area contributed by atoms with Crippen LogP contribution in [0.15, 0.2) is 96.7 Å². The third-order valence-electron chi connectivity index (χ3n) is 10.5. The summed E-state index contributed by atoms with van der Waals surface area (Å²) in [6.45, 7) is 15.0. The Morgan fingerprint density at radius 3 is 2.38 bits per heavy atom. The van der Waals surface area contributed by atoms with Gasteiger partial charge in [0.15, 0.2) is 5.71 Å². The van der Waals surface area contributed by atoms with Crippen molar-refractivity contribution in [1.82, 2.24) is 5.32 Å². The second-order valence-corrected chi connectivity index (χ2v) is 19.0. The highest BCUT2D eigenvalue weighted by Crippen LogP contribution is 2.55. The van der Waals surface area contributed by atoms with Gasteiger partial charge in [-0.15, -0.1) is 0 Å².